The van der Waals surface area contributed by atoms with Gasteiger partial charge in [-0.05, 0) is 44.4 Å². The van der Waals surface area contributed by atoms with Crippen LogP contribution in [-0.4, -0.2) is 31.9 Å². The summed E-state index contributed by atoms with van der Waals surface area (Å²) in [5, 5.41) is 3.41. The van der Waals surface area contributed by atoms with Crippen LogP contribution in [0.3, 0.4) is 0 Å². The fourth-order valence-electron chi connectivity index (χ4n) is 2.19. The SMILES string of the molecule is CC(C)(C)NCCOCCc1ccc2c(c1)CCO2. The maximum absolute atomic E-state index is 5.66. The Morgan fingerprint density at radius 3 is 2.89 bits per heavy atom. The van der Waals surface area contributed by atoms with Crippen molar-refractivity contribution in [3.8, 4) is 5.75 Å². The second-order valence-corrected chi connectivity index (χ2v) is 6.08. The van der Waals surface area contributed by atoms with Crippen LogP contribution < -0.4 is 10.1 Å². The Morgan fingerprint density at radius 2 is 2.11 bits per heavy atom. The highest BCUT2D eigenvalue weighted by Gasteiger charge is 2.11. The normalized spacial score (nSPS) is 14.3. The summed E-state index contributed by atoms with van der Waals surface area (Å²) in [4.78, 5) is 0. The second kappa shape index (κ2) is 6.40. The maximum atomic E-state index is 5.66. The van der Waals surface area contributed by atoms with Crippen molar-refractivity contribution in [1.82, 2.24) is 5.32 Å². The number of fused-ring (bicyclic) bond motifs is 1. The molecule has 2 rings (SSSR count). The average molecular weight is 263 g/mol. The number of hydrogen-bond donors (Lipinski definition) is 1. The molecule has 1 aromatic rings. The number of ether oxygens (including phenoxy) is 2. The van der Waals surface area contributed by atoms with Gasteiger partial charge in [-0.25, -0.2) is 0 Å². The first-order chi connectivity index (χ1) is 9.04. The minimum atomic E-state index is 0.170. The lowest BCUT2D eigenvalue weighted by atomic mass is 10.1. The molecular formula is C16H25NO2. The molecule has 19 heavy (non-hydrogen) atoms. The standard InChI is InChI=1S/C16H25NO2/c1-16(2,3)17-8-11-18-9-6-13-4-5-15-14(12-13)7-10-19-15/h4-5,12,17H,6-11H2,1-3H3. The van der Waals surface area contributed by atoms with Gasteiger partial charge in [-0.2, -0.15) is 0 Å². The summed E-state index contributed by atoms with van der Waals surface area (Å²) < 4.78 is 11.2. The molecule has 0 amide bonds. The second-order valence-electron chi connectivity index (χ2n) is 6.08. The molecule has 0 aliphatic carbocycles. The van der Waals surface area contributed by atoms with Crippen LogP contribution in [0.1, 0.15) is 31.9 Å². The van der Waals surface area contributed by atoms with Gasteiger partial charge in [0.05, 0.1) is 19.8 Å². The van der Waals surface area contributed by atoms with Crippen LogP contribution in [-0.2, 0) is 17.6 Å². The van der Waals surface area contributed by atoms with Crippen molar-refractivity contribution >= 4 is 0 Å². The quantitative estimate of drug-likeness (QED) is 0.800. The van der Waals surface area contributed by atoms with E-state index in [4.69, 9.17) is 9.47 Å². The fourth-order valence-corrected chi connectivity index (χ4v) is 2.19. The Balaban J connectivity index is 1.63. The van der Waals surface area contributed by atoms with Crippen molar-refractivity contribution in [2.24, 2.45) is 0 Å². The van der Waals surface area contributed by atoms with E-state index in [9.17, 15) is 0 Å². The summed E-state index contributed by atoms with van der Waals surface area (Å²) in [6.45, 7) is 9.78. The molecule has 0 aromatic heterocycles. The third kappa shape index (κ3) is 4.84. The van der Waals surface area contributed by atoms with E-state index >= 15 is 0 Å². The van der Waals surface area contributed by atoms with Crippen LogP contribution in [0.2, 0.25) is 0 Å². The van der Waals surface area contributed by atoms with Gasteiger partial charge >= 0.3 is 0 Å². The van der Waals surface area contributed by atoms with Gasteiger partial charge in [0, 0.05) is 18.5 Å². The Labute approximate surface area is 116 Å². The Morgan fingerprint density at radius 1 is 1.26 bits per heavy atom. The summed E-state index contributed by atoms with van der Waals surface area (Å²) in [6, 6.07) is 6.47. The fraction of sp³-hybridized carbons (Fsp3) is 0.625. The maximum Gasteiger partial charge on any atom is 0.122 e. The molecule has 0 bridgehead atoms. The number of hydrogen-bond acceptors (Lipinski definition) is 3. The minimum absolute atomic E-state index is 0.170. The lowest BCUT2D eigenvalue weighted by molar-refractivity contribution is 0.133. The molecule has 1 aromatic carbocycles. The zero-order chi connectivity index (χ0) is 13.7. The molecule has 0 saturated carbocycles. The molecule has 1 aliphatic rings. The molecule has 106 valence electrons. The van der Waals surface area contributed by atoms with E-state index in [-0.39, 0.29) is 5.54 Å². The van der Waals surface area contributed by atoms with Crippen LogP contribution in [0.15, 0.2) is 18.2 Å². The molecule has 1 N–H and O–H groups in total. The van der Waals surface area contributed by atoms with Crippen LogP contribution in [0.5, 0.6) is 5.75 Å². The first-order valence-electron chi connectivity index (χ1n) is 7.12. The van der Waals surface area contributed by atoms with Crippen LogP contribution in [0.4, 0.5) is 0 Å². The summed E-state index contributed by atoms with van der Waals surface area (Å²) in [6.07, 6.45) is 2.02. The van der Waals surface area contributed by atoms with Gasteiger partial charge in [0.1, 0.15) is 5.75 Å². The number of nitrogens with one attached hydrogen (secondary N) is 1. The molecule has 0 radical (unpaired) electrons. The van der Waals surface area contributed by atoms with E-state index in [1.165, 1.54) is 11.1 Å². The van der Waals surface area contributed by atoms with Gasteiger partial charge in [0.25, 0.3) is 0 Å². The molecule has 0 fully saturated rings. The van der Waals surface area contributed by atoms with E-state index < -0.39 is 0 Å². The highest BCUT2D eigenvalue weighted by molar-refractivity contribution is 5.39. The summed E-state index contributed by atoms with van der Waals surface area (Å²) in [5.41, 5.74) is 2.85. The third-order valence-electron chi connectivity index (χ3n) is 3.19. The van der Waals surface area contributed by atoms with Crippen molar-refractivity contribution in [1.29, 1.82) is 0 Å². The van der Waals surface area contributed by atoms with Gasteiger partial charge in [-0.3, -0.25) is 0 Å². The minimum Gasteiger partial charge on any atom is -0.493 e. The van der Waals surface area contributed by atoms with Gasteiger partial charge < -0.3 is 14.8 Å². The third-order valence-corrected chi connectivity index (χ3v) is 3.19. The number of benzene rings is 1. The molecule has 1 aliphatic heterocycles. The van der Waals surface area contributed by atoms with Crippen LogP contribution >= 0.6 is 0 Å². The van der Waals surface area contributed by atoms with Crippen molar-refractivity contribution in [3.63, 3.8) is 0 Å². The summed E-state index contributed by atoms with van der Waals surface area (Å²) in [7, 11) is 0. The lowest BCUT2D eigenvalue weighted by Crippen LogP contribution is -2.38. The predicted molar refractivity (Wildman–Crippen MR) is 77.9 cm³/mol. The zero-order valence-electron chi connectivity index (χ0n) is 12.3. The van der Waals surface area contributed by atoms with E-state index in [1.807, 2.05) is 0 Å². The molecule has 3 nitrogen and oxygen atoms in total. The monoisotopic (exact) mass is 263 g/mol. The smallest absolute Gasteiger partial charge is 0.122 e. The highest BCUT2D eigenvalue weighted by Crippen LogP contribution is 2.25. The van der Waals surface area contributed by atoms with Crippen LogP contribution in [0, 0.1) is 0 Å². The Hall–Kier alpha value is -1.06. The van der Waals surface area contributed by atoms with Gasteiger partial charge in [-0.15, -0.1) is 0 Å². The first kappa shape index (κ1) is 14.4. The van der Waals surface area contributed by atoms with Crippen LogP contribution in [0.25, 0.3) is 0 Å². The van der Waals surface area contributed by atoms with E-state index in [1.54, 1.807) is 0 Å². The van der Waals surface area contributed by atoms with Crippen molar-refractivity contribution in [3.05, 3.63) is 29.3 Å². The first-order valence-corrected chi connectivity index (χ1v) is 7.12. The van der Waals surface area contributed by atoms with E-state index in [2.05, 4.69) is 44.3 Å². The molecule has 0 saturated heterocycles. The van der Waals surface area contributed by atoms with Gasteiger partial charge in [0.15, 0.2) is 0 Å². The predicted octanol–water partition coefficient (Wildman–Crippen LogP) is 2.57. The Kier molecular flexibility index (Phi) is 4.83. The Bertz CT molecular complexity index is 410. The molecule has 0 atom stereocenters. The molecule has 3 heteroatoms. The molecule has 1 heterocycles. The average Bonchev–Trinajstić information content (AvgIpc) is 2.79. The van der Waals surface area contributed by atoms with E-state index in [0.29, 0.717) is 0 Å². The lowest BCUT2D eigenvalue weighted by Gasteiger charge is -2.20. The highest BCUT2D eigenvalue weighted by atomic mass is 16.5. The topological polar surface area (TPSA) is 30.5 Å². The van der Waals surface area contributed by atoms with Crippen molar-refractivity contribution in [2.75, 3.05) is 26.4 Å². The zero-order valence-corrected chi connectivity index (χ0v) is 12.3. The summed E-state index contributed by atoms with van der Waals surface area (Å²) >= 11 is 0. The molecule has 0 spiro atoms. The molecule has 0 unspecified atom stereocenters. The van der Waals surface area contributed by atoms with E-state index in [0.717, 1.165) is 45.0 Å². The molecular weight excluding hydrogens is 238 g/mol. The summed E-state index contributed by atoms with van der Waals surface area (Å²) in [5.74, 6) is 1.05. The number of rotatable bonds is 6. The largest absolute Gasteiger partial charge is 0.493 e. The van der Waals surface area contributed by atoms with Gasteiger partial charge in [-0.1, -0.05) is 12.1 Å². The van der Waals surface area contributed by atoms with Gasteiger partial charge in [0.2, 0.25) is 0 Å². The van der Waals surface area contributed by atoms with Crippen molar-refractivity contribution < 1.29 is 9.47 Å². The van der Waals surface area contributed by atoms with Crippen molar-refractivity contribution in [2.45, 2.75) is 39.2 Å².